The standard InChI is InChI=1S/C12H7IN2O2/c13-7-1-3-11-9(5-7)10-6-8(15(16)17)2-4-12(10)14-11/h1-6,14H. The Kier molecular flexibility index (Phi) is 2.29. The first-order valence-electron chi connectivity index (χ1n) is 5.00. The maximum absolute atomic E-state index is 10.8. The molecule has 1 aromatic heterocycles. The number of nitro groups is 1. The van der Waals surface area contributed by atoms with Gasteiger partial charge in [0.1, 0.15) is 0 Å². The van der Waals surface area contributed by atoms with Crippen LogP contribution in [0.25, 0.3) is 21.8 Å². The third-order valence-corrected chi connectivity index (χ3v) is 3.43. The van der Waals surface area contributed by atoms with Crippen molar-refractivity contribution < 1.29 is 4.92 Å². The van der Waals surface area contributed by atoms with Gasteiger partial charge in [-0.05, 0) is 46.9 Å². The van der Waals surface area contributed by atoms with E-state index in [4.69, 9.17) is 0 Å². The predicted molar refractivity (Wildman–Crippen MR) is 75.2 cm³/mol. The number of non-ortho nitro benzene ring substituents is 1. The number of hydrogen-bond donors (Lipinski definition) is 1. The van der Waals surface area contributed by atoms with Gasteiger partial charge in [-0.15, -0.1) is 0 Å². The van der Waals surface area contributed by atoms with E-state index in [1.807, 2.05) is 18.2 Å². The Bertz CT molecular complexity index is 749. The second kappa shape index (κ2) is 3.69. The Morgan fingerprint density at radius 1 is 1.06 bits per heavy atom. The molecule has 0 aliphatic carbocycles. The van der Waals surface area contributed by atoms with E-state index in [0.717, 1.165) is 25.4 Å². The molecule has 0 radical (unpaired) electrons. The topological polar surface area (TPSA) is 58.9 Å². The molecule has 0 saturated heterocycles. The number of benzene rings is 2. The zero-order valence-corrected chi connectivity index (χ0v) is 10.8. The molecular formula is C12H7IN2O2. The molecule has 0 fully saturated rings. The lowest BCUT2D eigenvalue weighted by Crippen LogP contribution is -1.86. The molecule has 0 aliphatic heterocycles. The summed E-state index contributed by atoms with van der Waals surface area (Å²) in [5, 5.41) is 12.7. The van der Waals surface area contributed by atoms with Gasteiger partial charge in [-0.2, -0.15) is 0 Å². The summed E-state index contributed by atoms with van der Waals surface area (Å²) in [6, 6.07) is 10.9. The fraction of sp³-hybridized carbons (Fsp3) is 0. The van der Waals surface area contributed by atoms with E-state index in [9.17, 15) is 10.1 Å². The Morgan fingerprint density at radius 2 is 1.71 bits per heavy atom. The highest BCUT2D eigenvalue weighted by atomic mass is 127. The van der Waals surface area contributed by atoms with E-state index in [2.05, 4.69) is 27.6 Å². The van der Waals surface area contributed by atoms with E-state index < -0.39 is 0 Å². The summed E-state index contributed by atoms with van der Waals surface area (Å²) in [6.07, 6.45) is 0. The van der Waals surface area contributed by atoms with Gasteiger partial charge >= 0.3 is 0 Å². The molecule has 17 heavy (non-hydrogen) atoms. The maximum Gasteiger partial charge on any atom is 0.270 e. The number of aromatic amines is 1. The van der Waals surface area contributed by atoms with Crippen LogP contribution >= 0.6 is 22.6 Å². The molecule has 84 valence electrons. The monoisotopic (exact) mass is 338 g/mol. The molecule has 0 aliphatic rings. The fourth-order valence-electron chi connectivity index (χ4n) is 1.97. The van der Waals surface area contributed by atoms with E-state index in [1.165, 1.54) is 6.07 Å². The van der Waals surface area contributed by atoms with Gasteiger partial charge in [0, 0.05) is 37.5 Å². The van der Waals surface area contributed by atoms with Crippen LogP contribution < -0.4 is 0 Å². The largest absolute Gasteiger partial charge is 0.355 e. The third-order valence-electron chi connectivity index (χ3n) is 2.76. The number of fused-ring (bicyclic) bond motifs is 3. The summed E-state index contributed by atoms with van der Waals surface area (Å²) in [6.45, 7) is 0. The van der Waals surface area contributed by atoms with Gasteiger partial charge in [0.2, 0.25) is 0 Å². The Morgan fingerprint density at radius 3 is 2.41 bits per heavy atom. The van der Waals surface area contributed by atoms with Gasteiger partial charge < -0.3 is 4.98 Å². The van der Waals surface area contributed by atoms with Crippen molar-refractivity contribution in [1.82, 2.24) is 4.98 Å². The maximum atomic E-state index is 10.8. The van der Waals surface area contributed by atoms with Gasteiger partial charge in [0.15, 0.2) is 0 Å². The number of nitro benzene ring substituents is 1. The van der Waals surface area contributed by atoms with Crippen LogP contribution in [0.1, 0.15) is 0 Å². The molecule has 1 N–H and O–H groups in total. The average Bonchev–Trinajstić information content (AvgIpc) is 2.66. The van der Waals surface area contributed by atoms with Crippen molar-refractivity contribution in [3.63, 3.8) is 0 Å². The molecular weight excluding hydrogens is 331 g/mol. The van der Waals surface area contributed by atoms with Crippen LogP contribution in [0, 0.1) is 13.7 Å². The minimum absolute atomic E-state index is 0.122. The summed E-state index contributed by atoms with van der Waals surface area (Å²) < 4.78 is 1.11. The zero-order chi connectivity index (χ0) is 12.0. The van der Waals surface area contributed by atoms with Crippen molar-refractivity contribution in [3.8, 4) is 0 Å². The van der Waals surface area contributed by atoms with Gasteiger partial charge in [0.05, 0.1) is 4.92 Å². The molecule has 3 rings (SSSR count). The van der Waals surface area contributed by atoms with Crippen LogP contribution in [-0.4, -0.2) is 9.91 Å². The van der Waals surface area contributed by atoms with Gasteiger partial charge in [-0.25, -0.2) is 0 Å². The van der Waals surface area contributed by atoms with Crippen LogP contribution in [0.5, 0.6) is 0 Å². The molecule has 0 atom stereocenters. The Balaban J connectivity index is 2.43. The van der Waals surface area contributed by atoms with Gasteiger partial charge in [-0.3, -0.25) is 10.1 Å². The van der Waals surface area contributed by atoms with Crippen LogP contribution in [0.3, 0.4) is 0 Å². The summed E-state index contributed by atoms with van der Waals surface area (Å²) in [5.74, 6) is 0. The molecule has 5 heteroatoms. The molecule has 2 aromatic carbocycles. The predicted octanol–water partition coefficient (Wildman–Crippen LogP) is 3.83. The molecule has 1 heterocycles. The average molecular weight is 338 g/mol. The second-order valence-corrected chi connectivity index (χ2v) is 5.05. The van der Waals surface area contributed by atoms with E-state index in [-0.39, 0.29) is 10.6 Å². The van der Waals surface area contributed by atoms with E-state index in [1.54, 1.807) is 12.1 Å². The first-order chi connectivity index (χ1) is 8.15. The number of H-pyrrole nitrogens is 1. The lowest BCUT2D eigenvalue weighted by molar-refractivity contribution is -0.384. The Labute approximate surface area is 110 Å². The molecule has 0 saturated carbocycles. The van der Waals surface area contributed by atoms with Crippen molar-refractivity contribution >= 4 is 50.1 Å². The molecule has 0 bridgehead atoms. The number of nitrogens with one attached hydrogen (secondary N) is 1. The lowest BCUT2D eigenvalue weighted by Gasteiger charge is -1.93. The smallest absolute Gasteiger partial charge is 0.270 e. The zero-order valence-electron chi connectivity index (χ0n) is 8.61. The lowest BCUT2D eigenvalue weighted by atomic mass is 10.1. The van der Waals surface area contributed by atoms with E-state index >= 15 is 0 Å². The highest BCUT2D eigenvalue weighted by Gasteiger charge is 2.10. The quantitative estimate of drug-likeness (QED) is 0.416. The van der Waals surface area contributed by atoms with Crippen LogP contribution in [-0.2, 0) is 0 Å². The molecule has 3 aromatic rings. The number of rotatable bonds is 1. The highest BCUT2D eigenvalue weighted by molar-refractivity contribution is 14.1. The Hall–Kier alpha value is -1.63. The summed E-state index contributed by atoms with van der Waals surface area (Å²) >= 11 is 2.23. The van der Waals surface area contributed by atoms with Crippen molar-refractivity contribution in [3.05, 3.63) is 50.1 Å². The number of nitrogens with zero attached hydrogens (tertiary/aromatic N) is 1. The second-order valence-electron chi connectivity index (χ2n) is 3.80. The third kappa shape index (κ3) is 1.66. The number of hydrogen-bond acceptors (Lipinski definition) is 2. The number of halogens is 1. The van der Waals surface area contributed by atoms with Gasteiger partial charge in [-0.1, -0.05) is 0 Å². The van der Waals surface area contributed by atoms with Crippen LogP contribution in [0.4, 0.5) is 5.69 Å². The summed E-state index contributed by atoms with van der Waals surface area (Å²) in [5.41, 5.74) is 2.05. The molecule has 0 spiro atoms. The molecule has 0 amide bonds. The van der Waals surface area contributed by atoms with Crippen LogP contribution in [0.2, 0.25) is 0 Å². The summed E-state index contributed by atoms with van der Waals surface area (Å²) in [4.78, 5) is 13.6. The first-order valence-corrected chi connectivity index (χ1v) is 6.08. The highest BCUT2D eigenvalue weighted by Crippen LogP contribution is 2.29. The van der Waals surface area contributed by atoms with Crippen molar-refractivity contribution in [1.29, 1.82) is 0 Å². The minimum Gasteiger partial charge on any atom is -0.355 e. The number of aromatic nitrogens is 1. The van der Waals surface area contributed by atoms with Crippen molar-refractivity contribution in [2.45, 2.75) is 0 Å². The molecule has 4 nitrogen and oxygen atoms in total. The SMILES string of the molecule is O=[N+]([O-])c1ccc2[nH]c3ccc(I)cc3c2c1. The summed E-state index contributed by atoms with van der Waals surface area (Å²) in [7, 11) is 0. The van der Waals surface area contributed by atoms with Gasteiger partial charge in [0.25, 0.3) is 5.69 Å². The normalized spacial score (nSPS) is 11.1. The fourth-order valence-corrected chi connectivity index (χ4v) is 2.46. The van der Waals surface area contributed by atoms with E-state index in [0.29, 0.717) is 0 Å². The molecule has 0 unspecified atom stereocenters. The van der Waals surface area contributed by atoms with Crippen molar-refractivity contribution in [2.24, 2.45) is 0 Å². The first kappa shape index (κ1) is 10.5. The minimum atomic E-state index is -0.369. The van der Waals surface area contributed by atoms with Crippen LogP contribution in [0.15, 0.2) is 36.4 Å². The van der Waals surface area contributed by atoms with Crippen molar-refractivity contribution in [2.75, 3.05) is 0 Å².